The molecule has 1 fully saturated rings. The number of carboxylic acids is 1. The van der Waals surface area contributed by atoms with E-state index < -0.39 is 5.97 Å². The minimum absolute atomic E-state index is 0.0729. The predicted molar refractivity (Wildman–Crippen MR) is 102 cm³/mol. The van der Waals surface area contributed by atoms with Crippen molar-refractivity contribution >= 4 is 11.9 Å². The number of amides is 1. The molecule has 0 atom stereocenters. The van der Waals surface area contributed by atoms with E-state index in [1.807, 2.05) is 11.1 Å². The van der Waals surface area contributed by atoms with Crippen LogP contribution in [0.15, 0.2) is 6.20 Å². The number of aliphatic carboxylic acids is 1. The number of fused-ring (bicyclic) bond motifs is 1. The first-order valence-electron chi connectivity index (χ1n) is 10.0. The van der Waals surface area contributed by atoms with Crippen molar-refractivity contribution in [2.75, 3.05) is 6.54 Å². The Morgan fingerprint density at radius 2 is 1.89 bits per heavy atom. The first-order valence-corrected chi connectivity index (χ1v) is 10.0. The third-order valence-corrected chi connectivity index (χ3v) is 5.92. The molecule has 6 heteroatoms. The average molecular weight is 373 g/mol. The zero-order valence-corrected chi connectivity index (χ0v) is 16.8. The van der Waals surface area contributed by atoms with Gasteiger partial charge in [0.05, 0.1) is 12.1 Å². The van der Waals surface area contributed by atoms with Crippen LogP contribution in [0.4, 0.5) is 0 Å². The lowest BCUT2D eigenvalue weighted by atomic mass is 9.69. The second-order valence-corrected chi connectivity index (χ2v) is 9.29. The molecule has 148 valence electrons. The molecule has 0 aromatic carbocycles. The van der Waals surface area contributed by atoms with Gasteiger partial charge in [-0.2, -0.15) is 0 Å². The Balaban J connectivity index is 1.70. The third kappa shape index (κ3) is 4.66. The predicted octanol–water partition coefficient (Wildman–Crippen LogP) is 3.47. The lowest BCUT2D eigenvalue weighted by molar-refractivity contribution is -0.142. The second kappa shape index (κ2) is 7.56. The van der Waals surface area contributed by atoms with Crippen LogP contribution in [0.25, 0.3) is 0 Å². The van der Waals surface area contributed by atoms with Crippen molar-refractivity contribution in [3.8, 4) is 0 Å². The molecule has 1 aliphatic heterocycles. The lowest BCUT2D eigenvalue weighted by Crippen LogP contribution is -2.41. The summed E-state index contributed by atoms with van der Waals surface area (Å²) in [5.74, 6) is 0.115. The van der Waals surface area contributed by atoms with Crippen LogP contribution in [0.2, 0.25) is 0 Å². The zero-order chi connectivity index (χ0) is 19.7. The molecule has 0 saturated heterocycles. The van der Waals surface area contributed by atoms with Crippen molar-refractivity contribution < 1.29 is 14.7 Å². The summed E-state index contributed by atoms with van der Waals surface area (Å²) < 4.78 is 0. The first kappa shape index (κ1) is 19.8. The van der Waals surface area contributed by atoms with E-state index in [2.05, 4.69) is 25.8 Å². The maximum Gasteiger partial charge on any atom is 0.303 e. The summed E-state index contributed by atoms with van der Waals surface area (Å²) in [6.45, 7) is 7.47. The molecule has 2 aliphatic rings. The fourth-order valence-electron chi connectivity index (χ4n) is 4.36. The Labute approximate surface area is 161 Å². The molecule has 3 rings (SSSR count). The van der Waals surface area contributed by atoms with Crippen molar-refractivity contribution in [3.05, 3.63) is 23.3 Å². The van der Waals surface area contributed by atoms with Crippen LogP contribution in [0.1, 0.15) is 82.8 Å². The van der Waals surface area contributed by atoms with Crippen LogP contribution in [0.3, 0.4) is 0 Å². The lowest BCUT2D eigenvalue weighted by Gasteiger charge is -2.38. The number of aromatic nitrogens is 2. The van der Waals surface area contributed by atoms with Gasteiger partial charge in [0, 0.05) is 43.1 Å². The van der Waals surface area contributed by atoms with E-state index in [0.29, 0.717) is 19.5 Å². The number of carboxylic acid groups (broad SMARTS) is 1. The number of hydrogen-bond donors (Lipinski definition) is 1. The quantitative estimate of drug-likeness (QED) is 0.874. The van der Waals surface area contributed by atoms with E-state index >= 15 is 0 Å². The highest BCUT2D eigenvalue weighted by Crippen LogP contribution is 2.43. The number of carbonyl (C=O) groups excluding carboxylic acids is 1. The summed E-state index contributed by atoms with van der Waals surface area (Å²) in [7, 11) is 0. The van der Waals surface area contributed by atoms with Gasteiger partial charge < -0.3 is 10.0 Å². The average Bonchev–Trinajstić information content (AvgIpc) is 2.60. The fourth-order valence-corrected chi connectivity index (χ4v) is 4.36. The Hall–Kier alpha value is -1.98. The van der Waals surface area contributed by atoms with E-state index in [0.717, 1.165) is 55.6 Å². The summed E-state index contributed by atoms with van der Waals surface area (Å²) in [5.41, 5.74) is 1.59. The minimum atomic E-state index is -0.795. The molecule has 6 nitrogen and oxygen atoms in total. The van der Waals surface area contributed by atoms with E-state index in [1.165, 1.54) is 0 Å². The maximum absolute atomic E-state index is 13.0. The van der Waals surface area contributed by atoms with Crippen LogP contribution >= 0.6 is 0 Å². The van der Waals surface area contributed by atoms with Crippen LogP contribution in [0, 0.1) is 5.41 Å². The van der Waals surface area contributed by atoms with E-state index in [-0.39, 0.29) is 23.2 Å². The second-order valence-electron chi connectivity index (χ2n) is 9.29. The van der Waals surface area contributed by atoms with Gasteiger partial charge in [-0.1, -0.05) is 40.0 Å². The number of rotatable bonds is 4. The normalized spacial score (nSPS) is 19.4. The first-order chi connectivity index (χ1) is 12.7. The molecule has 27 heavy (non-hydrogen) atoms. The Morgan fingerprint density at radius 1 is 1.19 bits per heavy atom. The molecule has 1 aromatic rings. The van der Waals surface area contributed by atoms with E-state index in [1.54, 1.807) is 0 Å². The minimum Gasteiger partial charge on any atom is -0.481 e. The van der Waals surface area contributed by atoms with Crippen molar-refractivity contribution in [2.45, 2.75) is 84.1 Å². The molecule has 0 unspecified atom stereocenters. The monoisotopic (exact) mass is 373 g/mol. The Morgan fingerprint density at radius 3 is 2.52 bits per heavy atom. The smallest absolute Gasteiger partial charge is 0.303 e. The van der Waals surface area contributed by atoms with E-state index in [9.17, 15) is 14.7 Å². The Bertz CT molecular complexity index is 718. The van der Waals surface area contributed by atoms with Gasteiger partial charge in [-0.05, 0) is 18.3 Å². The summed E-state index contributed by atoms with van der Waals surface area (Å²) in [5, 5.41) is 9.33. The van der Waals surface area contributed by atoms with E-state index in [4.69, 9.17) is 4.98 Å². The highest BCUT2D eigenvalue weighted by atomic mass is 16.4. The molecule has 1 saturated carbocycles. The topological polar surface area (TPSA) is 83.4 Å². The van der Waals surface area contributed by atoms with Crippen LogP contribution in [0.5, 0.6) is 0 Å². The fraction of sp³-hybridized carbons (Fsp3) is 0.714. The van der Waals surface area contributed by atoms with Gasteiger partial charge in [0.25, 0.3) is 0 Å². The molecule has 1 amide bonds. The highest BCUT2D eigenvalue weighted by molar-refractivity contribution is 5.78. The zero-order valence-electron chi connectivity index (χ0n) is 16.8. The third-order valence-electron chi connectivity index (χ3n) is 5.92. The van der Waals surface area contributed by atoms with Gasteiger partial charge in [0.1, 0.15) is 5.82 Å². The van der Waals surface area contributed by atoms with Crippen molar-refractivity contribution in [1.82, 2.24) is 14.9 Å². The van der Waals surface area contributed by atoms with Gasteiger partial charge in [-0.3, -0.25) is 9.59 Å². The summed E-state index contributed by atoms with van der Waals surface area (Å²) in [6, 6.07) is 0. The molecule has 0 bridgehead atoms. The molecular formula is C21H31N3O3. The molecule has 0 radical (unpaired) electrons. The number of nitrogens with zero attached hydrogens (tertiary/aromatic N) is 3. The standard InChI is InChI=1S/C21H31N3O3/c1-20(2,3)19-22-13-15-14-24(10-7-16(15)23-19)17(25)11-21(12-18(26)27)8-5-4-6-9-21/h13H,4-12,14H2,1-3H3,(H,26,27). The van der Waals surface area contributed by atoms with Crippen LogP contribution in [-0.2, 0) is 28.0 Å². The molecule has 2 heterocycles. The molecular weight excluding hydrogens is 342 g/mol. The van der Waals surface area contributed by atoms with Crippen LogP contribution in [-0.4, -0.2) is 38.4 Å². The number of hydrogen-bond acceptors (Lipinski definition) is 4. The molecule has 1 aromatic heterocycles. The summed E-state index contributed by atoms with van der Waals surface area (Å²) >= 11 is 0. The molecule has 1 N–H and O–H groups in total. The van der Waals surface area contributed by atoms with Gasteiger partial charge >= 0.3 is 5.97 Å². The van der Waals surface area contributed by atoms with Crippen molar-refractivity contribution in [2.24, 2.45) is 5.41 Å². The largest absolute Gasteiger partial charge is 0.481 e. The van der Waals surface area contributed by atoms with Crippen molar-refractivity contribution in [3.63, 3.8) is 0 Å². The van der Waals surface area contributed by atoms with Crippen molar-refractivity contribution in [1.29, 1.82) is 0 Å². The van der Waals surface area contributed by atoms with Gasteiger partial charge in [-0.25, -0.2) is 9.97 Å². The summed E-state index contributed by atoms with van der Waals surface area (Å²) in [6.07, 6.45) is 7.89. The SMILES string of the molecule is CC(C)(C)c1ncc2c(n1)CCN(C(=O)CC1(CC(=O)O)CCCCC1)C2. The van der Waals surface area contributed by atoms with Gasteiger partial charge in [0.15, 0.2) is 0 Å². The van der Waals surface area contributed by atoms with Gasteiger partial charge in [0.2, 0.25) is 5.91 Å². The number of carbonyl (C=O) groups is 2. The molecule has 0 spiro atoms. The highest BCUT2D eigenvalue weighted by Gasteiger charge is 2.38. The van der Waals surface area contributed by atoms with Gasteiger partial charge in [-0.15, -0.1) is 0 Å². The Kier molecular flexibility index (Phi) is 5.54. The summed E-state index contributed by atoms with van der Waals surface area (Å²) in [4.78, 5) is 35.4. The molecule has 1 aliphatic carbocycles. The van der Waals surface area contributed by atoms with Crippen LogP contribution < -0.4 is 0 Å². The maximum atomic E-state index is 13.0.